The molecule has 2 aliphatic rings. The van der Waals surface area contributed by atoms with Crippen molar-refractivity contribution >= 4 is 18.0 Å². The number of likely N-dealkylation sites (tertiary alicyclic amines) is 1. The van der Waals surface area contributed by atoms with Crippen LogP contribution >= 0.6 is 0 Å². The molecule has 0 aromatic rings. The van der Waals surface area contributed by atoms with Crippen LogP contribution in [-0.4, -0.2) is 63.9 Å². The number of carboxylic acid groups (broad SMARTS) is 1. The van der Waals surface area contributed by atoms with Crippen molar-refractivity contribution in [2.75, 3.05) is 6.54 Å². The standard InChI is InChI=1S/C17H28N2O6/c1-17(2,3)13(18-16(24)25-11-6-4-5-7-11)14(21)19-9-10(20)8-12(19)15(22)23/h10-13,20H,4-9H2,1-3H3,(H,18,24)(H,22,23)/t10-,12?,13-/m1/s1. The molecule has 1 saturated heterocycles. The van der Waals surface area contributed by atoms with Gasteiger partial charge in [-0.3, -0.25) is 4.79 Å². The first kappa shape index (κ1) is 19.5. The number of rotatable bonds is 4. The van der Waals surface area contributed by atoms with Gasteiger partial charge in [-0.1, -0.05) is 20.8 Å². The molecule has 0 aromatic carbocycles. The molecule has 3 atom stereocenters. The second-order valence-electron chi connectivity index (χ2n) is 7.99. The van der Waals surface area contributed by atoms with Gasteiger partial charge in [-0.15, -0.1) is 0 Å². The minimum absolute atomic E-state index is 0.00947. The van der Waals surface area contributed by atoms with Gasteiger partial charge in [0.1, 0.15) is 18.2 Å². The monoisotopic (exact) mass is 356 g/mol. The highest BCUT2D eigenvalue weighted by Gasteiger charge is 2.44. The summed E-state index contributed by atoms with van der Waals surface area (Å²) < 4.78 is 5.36. The fourth-order valence-electron chi connectivity index (χ4n) is 3.42. The lowest BCUT2D eigenvalue weighted by atomic mass is 9.85. The molecule has 1 aliphatic heterocycles. The van der Waals surface area contributed by atoms with Gasteiger partial charge < -0.3 is 25.2 Å². The number of amides is 2. The number of alkyl carbamates (subject to hydrolysis) is 1. The third-order valence-corrected chi connectivity index (χ3v) is 4.80. The maximum Gasteiger partial charge on any atom is 0.408 e. The Morgan fingerprint density at radius 3 is 2.32 bits per heavy atom. The number of hydrogen-bond donors (Lipinski definition) is 3. The highest BCUT2D eigenvalue weighted by Crippen LogP contribution is 2.27. The number of carbonyl (C=O) groups is 3. The number of aliphatic carboxylic acids is 1. The van der Waals surface area contributed by atoms with Crippen LogP contribution in [-0.2, 0) is 14.3 Å². The normalized spacial score (nSPS) is 25.7. The van der Waals surface area contributed by atoms with Crippen molar-refractivity contribution in [3.8, 4) is 0 Å². The maximum absolute atomic E-state index is 12.9. The van der Waals surface area contributed by atoms with Crippen molar-refractivity contribution < 1.29 is 29.3 Å². The quantitative estimate of drug-likeness (QED) is 0.695. The third kappa shape index (κ3) is 4.84. The van der Waals surface area contributed by atoms with Crippen LogP contribution in [0.2, 0.25) is 0 Å². The Morgan fingerprint density at radius 2 is 1.80 bits per heavy atom. The average Bonchev–Trinajstić information content (AvgIpc) is 3.12. The fourth-order valence-corrected chi connectivity index (χ4v) is 3.42. The predicted octanol–water partition coefficient (Wildman–Crippen LogP) is 1.12. The van der Waals surface area contributed by atoms with Crippen molar-refractivity contribution in [3.05, 3.63) is 0 Å². The van der Waals surface area contributed by atoms with E-state index in [1.165, 1.54) is 0 Å². The van der Waals surface area contributed by atoms with E-state index in [9.17, 15) is 24.6 Å². The molecule has 1 heterocycles. The Labute approximate surface area is 147 Å². The molecule has 2 rings (SSSR count). The van der Waals surface area contributed by atoms with Crippen LogP contribution in [0.3, 0.4) is 0 Å². The van der Waals surface area contributed by atoms with Gasteiger partial charge in [0.05, 0.1) is 6.10 Å². The number of hydrogen-bond acceptors (Lipinski definition) is 5. The minimum Gasteiger partial charge on any atom is -0.480 e. The Morgan fingerprint density at radius 1 is 1.20 bits per heavy atom. The predicted molar refractivity (Wildman–Crippen MR) is 88.9 cm³/mol. The summed E-state index contributed by atoms with van der Waals surface area (Å²) in [6.07, 6.45) is 2.00. The highest BCUT2D eigenvalue weighted by molar-refractivity contribution is 5.90. The molecule has 142 valence electrons. The molecule has 8 nitrogen and oxygen atoms in total. The summed E-state index contributed by atoms with van der Waals surface area (Å²) in [5.74, 6) is -1.68. The van der Waals surface area contributed by atoms with Crippen LogP contribution in [0.1, 0.15) is 52.9 Å². The lowest BCUT2D eigenvalue weighted by Gasteiger charge is -2.34. The fraction of sp³-hybridized carbons (Fsp3) is 0.824. The average molecular weight is 356 g/mol. The van der Waals surface area contributed by atoms with E-state index in [0.717, 1.165) is 30.6 Å². The molecular formula is C17H28N2O6. The Bertz CT molecular complexity index is 524. The van der Waals surface area contributed by atoms with Crippen molar-refractivity contribution in [2.45, 2.75) is 77.2 Å². The van der Waals surface area contributed by atoms with E-state index in [1.54, 1.807) is 20.8 Å². The molecule has 2 fully saturated rings. The van der Waals surface area contributed by atoms with Crippen LogP contribution in [0.25, 0.3) is 0 Å². The molecule has 0 radical (unpaired) electrons. The summed E-state index contributed by atoms with van der Waals surface area (Å²) in [6.45, 7) is 5.30. The number of nitrogens with one attached hydrogen (secondary N) is 1. The topological polar surface area (TPSA) is 116 Å². The van der Waals surface area contributed by atoms with Crippen molar-refractivity contribution in [1.29, 1.82) is 0 Å². The Balaban J connectivity index is 2.09. The van der Waals surface area contributed by atoms with Gasteiger partial charge in [-0.05, 0) is 31.1 Å². The van der Waals surface area contributed by atoms with Crippen LogP contribution in [0.5, 0.6) is 0 Å². The molecule has 1 saturated carbocycles. The first-order valence-corrected chi connectivity index (χ1v) is 8.78. The molecule has 0 spiro atoms. The largest absolute Gasteiger partial charge is 0.480 e. The van der Waals surface area contributed by atoms with E-state index >= 15 is 0 Å². The smallest absolute Gasteiger partial charge is 0.408 e. The van der Waals surface area contributed by atoms with E-state index in [2.05, 4.69) is 5.32 Å². The molecule has 0 aromatic heterocycles. The lowest BCUT2D eigenvalue weighted by Crippen LogP contribution is -2.57. The molecule has 25 heavy (non-hydrogen) atoms. The van der Waals surface area contributed by atoms with Gasteiger partial charge in [-0.25, -0.2) is 9.59 Å². The molecule has 3 N–H and O–H groups in total. The van der Waals surface area contributed by atoms with E-state index in [-0.39, 0.29) is 19.1 Å². The van der Waals surface area contributed by atoms with Crippen LogP contribution in [0.4, 0.5) is 4.79 Å². The van der Waals surface area contributed by atoms with Gasteiger partial charge in [0.15, 0.2) is 0 Å². The summed E-state index contributed by atoms with van der Waals surface area (Å²) in [5, 5.41) is 21.7. The number of carbonyl (C=O) groups excluding carboxylic acids is 2. The van der Waals surface area contributed by atoms with E-state index < -0.39 is 41.6 Å². The van der Waals surface area contributed by atoms with Crippen molar-refractivity contribution in [1.82, 2.24) is 10.2 Å². The number of β-amino-alcohol motifs (C(OH)–C–C–N with tert-alkyl or cyclic N) is 1. The van der Waals surface area contributed by atoms with E-state index in [0.29, 0.717) is 0 Å². The molecule has 2 amide bonds. The number of aliphatic hydroxyl groups is 1. The van der Waals surface area contributed by atoms with Gasteiger partial charge in [-0.2, -0.15) is 0 Å². The van der Waals surface area contributed by atoms with Crippen LogP contribution < -0.4 is 5.32 Å². The maximum atomic E-state index is 12.9. The number of aliphatic hydroxyl groups excluding tert-OH is 1. The second-order valence-corrected chi connectivity index (χ2v) is 7.99. The first-order chi connectivity index (χ1) is 11.6. The summed E-state index contributed by atoms with van der Waals surface area (Å²) in [7, 11) is 0. The summed E-state index contributed by atoms with van der Waals surface area (Å²) in [6, 6.07) is -2.02. The first-order valence-electron chi connectivity index (χ1n) is 8.78. The van der Waals surface area contributed by atoms with Crippen LogP contribution in [0, 0.1) is 5.41 Å². The Kier molecular flexibility index (Phi) is 5.92. The molecule has 0 bridgehead atoms. The summed E-state index contributed by atoms with van der Waals surface area (Å²) in [4.78, 5) is 37.6. The van der Waals surface area contributed by atoms with Gasteiger partial charge >= 0.3 is 12.1 Å². The zero-order valence-electron chi connectivity index (χ0n) is 15.0. The highest BCUT2D eigenvalue weighted by atomic mass is 16.6. The molecular weight excluding hydrogens is 328 g/mol. The Hall–Kier alpha value is -1.83. The van der Waals surface area contributed by atoms with Crippen LogP contribution in [0.15, 0.2) is 0 Å². The zero-order chi connectivity index (χ0) is 18.8. The molecule has 1 unspecified atom stereocenters. The van der Waals surface area contributed by atoms with E-state index in [1.807, 2.05) is 0 Å². The van der Waals surface area contributed by atoms with Gasteiger partial charge in [0.25, 0.3) is 0 Å². The van der Waals surface area contributed by atoms with Crippen molar-refractivity contribution in [3.63, 3.8) is 0 Å². The van der Waals surface area contributed by atoms with Crippen molar-refractivity contribution in [2.24, 2.45) is 5.41 Å². The summed E-state index contributed by atoms with van der Waals surface area (Å²) >= 11 is 0. The second kappa shape index (κ2) is 7.59. The number of nitrogens with zero attached hydrogens (tertiary/aromatic N) is 1. The van der Waals surface area contributed by atoms with E-state index in [4.69, 9.17) is 4.74 Å². The zero-order valence-corrected chi connectivity index (χ0v) is 15.0. The third-order valence-electron chi connectivity index (χ3n) is 4.80. The number of carboxylic acids is 1. The number of ether oxygens (including phenoxy) is 1. The SMILES string of the molecule is CC(C)(C)[C@H](NC(=O)OC1CCCC1)C(=O)N1C[C@H](O)CC1C(=O)O. The molecule has 8 heteroatoms. The van der Waals surface area contributed by atoms with Gasteiger partial charge in [0, 0.05) is 13.0 Å². The molecule has 1 aliphatic carbocycles. The minimum atomic E-state index is -1.16. The van der Waals surface area contributed by atoms with Gasteiger partial charge in [0.2, 0.25) is 5.91 Å². The summed E-state index contributed by atoms with van der Waals surface area (Å²) in [5.41, 5.74) is -0.637. The lowest BCUT2D eigenvalue weighted by molar-refractivity contribution is -0.150.